The molecule has 0 fully saturated rings. The number of anilines is 3. The van der Waals surface area contributed by atoms with Gasteiger partial charge < -0.3 is 4.90 Å². The highest BCUT2D eigenvalue weighted by atomic mass is 32.1. The Kier molecular flexibility index (Phi) is 8.11. The Labute approximate surface area is 378 Å². The third-order valence-electron chi connectivity index (χ3n) is 14.4. The summed E-state index contributed by atoms with van der Waals surface area (Å²) >= 11 is 1.92. The van der Waals surface area contributed by atoms with Crippen molar-refractivity contribution in [1.82, 2.24) is 0 Å². The molecule has 0 radical (unpaired) electrons. The number of fused-ring (bicyclic) bond motifs is 11. The smallest absolute Gasteiger partial charge is 0.0714 e. The Morgan fingerprint density at radius 2 is 0.875 bits per heavy atom. The number of benzene rings is 10. The fraction of sp³-hybridized carbons (Fsp3) is 0.0645. The molecule has 10 aromatic carbocycles. The molecule has 11 aromatic rings. The summed E-state index contributed by atoms with van der Waals surface area (Å²) < 4.78 is 2.68. The van der Waals surface area contributed by atoms with Gasteiger partial charge in [-0.2, -0.15) is 0 Å². The predicted molar refractivity (Wildman–Crippen MR) is 272 cm³/mol. The predicted octanol–water partition coefficient (Wildman–Crippen LogP) is 17.0. The van der Waals surface area contributed by atoms with E-state index in [1.54, 1.807) is 0 Å². The Balaban J connectivity index is 1.07. The average molecular weight is 834 g/mol. The minimum Gasteiger partial charge on any atom is -0.309 e. The van der Waals surface area contributed by atoms with Crippen LogP contribution in [0, 0.1) is 0 Å². The summed E-state index contributed by atoms with van der Waals surface area (Å²) in [7, 11) is 0. The van der Waals surface area contributed by atoms with E-state index >= 15 is 0 Å². The van der Waals surface area contributed by atoms with Crippen LogP contribution in [0.25, 0.3) is 64.3 Å². The average Bonchev–Trinajstić information content (AvgIpc) is 3.97. The first-order valence-electron chi connectivity index (χ1n) is 22.3. The zero-order chi connectivity index (χ0) is 42.6. The Morgan fingerprint density at radius 3 is 1.59 bits per heavy atom. The summed E-state index contributed by atoms with van der Waals surface area (Å²) in [4.78, 5) is 2.56. The zero-order valence-corrected chi connectivity index (χ0v) is 36.5. The number of hydrogen-bond acceptors (Lipinski definition) is 2. The molecule has 0 bridgehead atoms. The second-order valence-corrected chi connectivity index (χ2v) is 18.9. The molecule has 0 spiro atoms. The van der Waals surface area contributed by atoms with Crippen molar-refractivity contribution in [1.29, 1.82) is 0 Å². The molecule has 0 atom stereocenters. The van der Waals surface area contributed by atoms with Crippen LogP contribution >= 0.6 is 11.3 Å². The van der Waals surface area contributed by atoms with E-state index in [1.807, 2.05) is 11.3 Å². The van der Waals surface area contributed by atoms with Gasteiger partial charge in [-0.25, -0.2) is 0 Å². The molecule has 0 N–H and O–H groups in total. The third-order valence-corrected chi connectivity index (χ3v) is 15.6. The summed E-state index contributed by atoms with van der Waals surface area (Å²) in [5, 5.41) is 5.24. The van der Waals surface area contributed by atoms with Gasteiger partial charge in [0.2, 0.25) is 0 Å². The molecule has 0 saturated heterocycles. The highest BCUT2D eigenvalue weighted by molar-refractivity contribution is 7.27. The van der Waals surface area contributed by atoms with Gasteiger partial charge in [0.25, 0.3) is 0 Å². The molecule has 0 unspecified atom stereocenters. The molecule has 2 heteroatoms. The van der Waals surface area contributed by atoms with Gasteiger partial charge in [0.05, 0.1) is 16.8 Å². The maximum absolute atomic E-state index is 2.56. The summed E-state index contributed by atoms with van der Waals surface area (Å²) in [5.74, 6) is 0. The van der Waals surface area contributed by atoms with E-state index in [0.29, 0.717) is 0 Å². The van der Waals surface area contributed by atoms with Crippen molar-refractivity contribution in [2.75, 3.05) is 4.90 Å². The van der Waals surface area contributed by atoms with Crippen molar-refractivity contribution in [3.05, 3.63) is 258 Å². The van der Waals surface area contributed by atoms with Gasteiger partial charge in [-0.15, -0.1) is 11.3 Å². The van der Waals surface area contributed by atoms with Crippen molar-refractivity contribution in [3.63, 3.8) is 0 Å². The highest BCUT2D eigenvalue weighted by Crippen LogP contribution is 2.61. The summed E-state index contributed by atoms with van der Waals surface area (Å²) in [6.07, 6.45) is 0. The SMILES string of the molecule is CC1(C)c2ccccc2-c2c(N(c3ccc(-c4cccc5c4sc4c6ccccc6ccc54)cc3)c3cccc4c3-c3ccccc3C4(c3ccccc3)c3ccccc3)cccc21. The zero-order valence-electron chi connectivity index (χ0n) is 35.7. The van der Waals surface area contributed by atoms with Crippen LogP contribution in [0.1, 0.15) is 47.2 Å². The first kappa shape index (κ1) is 37.1. The van der Waals surface area contributed by atoms with Gasteiger partial charge in [0.15, 0.2) is 0 Å². The molecule has 13 rings (SSSR count). The van der Waals surface area contributed by atoms with E-state index in [9.17, 15) is 0 Å². The van der Waals surface area contributed by atoms with E-state index in [4.69, 9.17) is 0 Å². The van der Waals surface area contributed by atoms with Gasteiger partial charge >= 0.3 is 0 Å². The maximum atomic E-state index is 2.56. The van der Waals surface area contributed by atoms with E-state index < -0.39 is 5.41 Å². The van der Waals surface area contributed by atoms with Gasteiger partial charge in [0.1, 0.15) is 0 Å². The van der Waals surface area contributed by atoms with E-state index in [1.165, 1.54) is 109 Å². The summed E-state index contributed by atoms with van der Waals surface area (Å²) in [5.41, 5.74) is 18.3. The molecule has 302 valence electrons. The summed E-state index contributed by atoms with van der Waals surface area (Å²) in [6, 6.07) is 83.9. The number of nitrogens with zero attached hydrogens (tertiary/aromatic N) is 1. The van der Waals surface area contributed by atoms with Crippen molar-refractivity contribution in [2.24, 2.45) is 0 Å². The van der Waals surface area contributed by atoms with Crippen molar-refractivity contribution < 1.29 is 0 Å². The quantitative estimate of drug-likeness (QED) is 0.161. The van der Waals surface area contributed by atoms with E-state index in [-0.39, 0.29) is 5.41 Å². The molecule has 0 saturated carbocycles. The van der Waals surface area contributed by atoms with Crippen molar-refractivity contribution >= 4 is 59.3 Å². The lowest BCUT2D eigenvalue weighted by atomic mass is 9.68. The molecule has 0 amide bonds. The number of rotatable bonds is 6. The second-order valence-electron chi connectivity index (χ2n) is 17.9. The Morgan fingerprint density at radius 1 is 0.359 bits per heavy atom. The summed E-state index contributed by atoms with van der Waals surface area (Å²) in [6.45, 7) is 4.76. The van der Waals surface area contributed by atoms with Gasteiger partial charge in [0, 0.05) is 42.4 Å². The van der Waals surface area contributed by atoms with E-state index in [0.717, 1.165) is 5.69 Å². The Hall–Kier alpha value is -7.52. The van der Waals surface area contributed by atoms with Crippen LogP contribution < -0.4 is 4.90 Å². The van der Waals surface area contributed by atoms with Gasteiger partial charge in [-0.05, 0) is 90.7 Å². The van der Waals surface area contributed by atoms with Crippen molar-refractivity contribution in [2.45, 2.75) is 24.7 Å². The van der Waals surface area contributed by atoms with Gasteiger partial charge in [-0.1, -0.05) is 214 Å². The normalized spacial score (nSPS) is 14.0. The minimum atomic E-state index is -0.512. The fourth-order valence-corrected chi connectivity index (χ4v) is 12.9. The van der Waals surface area contributed by atoms with Crippen molar-refractivity contribution in [3.8, 4) is 33.4 Å². The first-order chi connectivity index (χ1) is 31.5. The van der Waals surface area contributed by atoms with Crippen LogP contribution in [0.5, 0.6) is 0 Å². The molecule has 1 heterocycles. The van der Waals surface area contributed by atoms with Crippen LogP contribution in [-0.2, 0) is 10.8 Å². The molecule has 2 aliphatic carbocycles. The first-order valence-corrected chi connectivity index (χ1v) is 23.2. The molecule has 64 heavy (non-hydrogen) atoms. The molecular formula is C62H43NS. The van der Waals surface area contributed by atoms with Crippen LogP contribution in [-0.4, -0.2) is 0 Å². The lowest BCUT2D eigenvalue weighted by Gasteiger charge is -2.34. The van der Waals surface area contributed by atoms with Crippen LogP contribution in [0.2, 0.25) is 0 Å². The molecular weight excluding hydrogens is 791 g/mol. The third kappa shape index (κ3) is 5.12. The standard InChI is InChI=1S/C62H43NS/c1-61(2)51-28-13-11-24-49(51)57-53(61)30-16-32-55(57)63(44-37-34-41(35-38-44)46-26-15-27-47-48-39-36-40-18-9-10-23-45(40)60(48)64-59(46)47)56-33-17-31-54-58(56)50-25-12-14-29-52(50)62(54,42-19-5-3-6-20-42)43-21-7-4-8-22-43/h3-39H,1-2H3. The largest absolute Gasteiger partial charge is 0.309 e. The highest BCUT2D eigenvalue weighted by Gasteiger charge is 2.47. The fourth-order valence-electron chi connectivity index (χ4n) is 11.5. The lowest BCUT2D eigenvalue weighted by Crippen LogP contribution is -2.28. The topological polar surface area (TPSA) is 3.24 Å². The number of thiophene rings is 1. The molecule has 1 nitrogen and oxygen atoms in total. The Bertz CT molecular complexity index is 3590. The van der Waals surface area contributed by atoms with Gasteiger partial charge in [-0.3, -0.25) is 0 Å². The number of hydrogen-bond donors (Lipinski definition) is 0. The van der Waals surface area contributed by atoms with Crippen LogP contribution in [0.15, 0.2) is 224 Å². The minimum absolute atomic E-state index is 0.146. The van der Waals surface area contributed by atoms with Crippen LogP contribution in [0.3, 0.4) is 0 Å². The maximum Gasteiger partial charge on any atom is 0.0714 e. The second kappa shape index (κ2) is 14.0. The lowest BCUT2D eigenvalue weighted by molar-refractivity contribution is 0.660. The monoisotopic (exact) mass is 833 g/mol. The molecule has 2 aliphatic rings. The molecule has 0 aliphatic heterocycles. The van der Waals surface area contributed by atoms with Crippen LogP contribution in [0.4, 0.5) is 17.1 Å². The molecule has 1 aromatic heterocycles. The van der Waals surface area contributed by atoms with E-state index in [2.05, 4.69) is 243 Å².